The van der Waals surface area contributed by atoms with E-state index in [9.17, 15) is 4.79 Å². The zero-order valence-electron chi connectivity index (χ0n) is 11.1. The molecule has 2 aromatic rings. The predicted octanol–water partition coefficient (Wildman–Crippen LogP) is 2.55. The van der Waals surface area contributed by atoms with Crippen molar-refractivity contribution in [1.29, 1.82) is 0 Å². The van der Waals surface area contributed by atoms with E-state index in [-0.39, 0.29) is 6.04 Å². The molecule has 1 amide bonds. The van der Waals surface area contributed by atoms with Gasteiger partial charge < -0.3 is 14.8 Å². The van der Waals surface area contributed by atoms with E-state index in [0.29, 0.717) is 18.2 Å². The lowest BCUT2D eigenvalue weighted by atomic mass is 10.0. The lowest BCUT2D eigenvalue weighted by Crippen LogP contribution is -2.24. The average Bonchev–Trinajstić information content (AvgIpc) is 3.05. The van der Waals surface area contributed by atoms with Crippen molar-refractivity contribution in [2.45, 2.75) is 32.2 Å². The molecule has 20 heavy (non-hydrogen) atoms. The van der Waals surface area contributed by atoms with Crippen LogP contribution in [0.15, 0.2) is 22.6 Å². The highest BCUT2D eigenvalue weighted by molar-refractivity contribution is 5.66. The maximum atomic E-state index is 10.7. The summed E-state index contributed by atoms with van der Waals surface area (Å²) in [4.78, 5) is 10.7. The normalized spacial score (nSPS) is 16.9. The van der Waals surface area contributed by atoms with E-state index >= 15 is 0 Å². The maximum absolute atomic E-state index is 10.7. The minimum absolute atomic E-state index is 0.120. The van der Waals surface area contributed by atoms with Gasteiger partial charge in [0.15, 0.2) is 0 Å². The quantitative estimate of drug-likeness (QED) is 0.897. The number of amides is 1. The fourth-order valence-electron chi connectivity index (χ4n) is 2.56. The van der Waals surface area contributed by atoms with Crippen molar-refractivity contribution < 1.29 is 14.3 Å². The second-order valence-corrected chi connectivity index (χ2v) is 4.81. The van der Waals surface area contributed by atoms with Gasteiger partial charge in [0.05, 0.1) is 6.04 Å². The minimum atomic E-state index is -0.989. The highest BCUT2D eigenvalue weighted by Crippen LogP contribution is 2.33. The van der Waals surface area contributed by atoms with Crippen LogP contribution in [0.25, 0.3) is 11.5 Å². The number of fused-ring (bicyclic) bond motifs is 1. The van der Waals surface area contributed by atoms with Gasteiger partial charge in [0.1, 0.15) is 0 Å². The van der Waals surface area contributed by atoms with Crippen LogP contribution in [-0.2, 0) is 12.8 Å². The summed E-state index contributed by atoms with van der Waals surface area (Å²) in [5.74, 6) is 1.13. The number of benzene rings is 1. The van der Waals surface area contributed by atoms with Crippen LogP contribution in [0.1, 0.15) is 36.4 Å². The van der Waals surface area contributed by atoms with Crippen molar-refractivity contribution in [1.82, 2.24) is 15.5 Å². The van der Waals surface area contributed by atoms with Crippen LogP contribution in [0.5, 0.6) is 0 Å². The summed E-state index contributed by atoms with van der Waals surface area (Å²) in [7, 11) is 0. The summed E-state index contributed by atoms with van der Waals surface area (Å²) >= 11 is 0. The van der Waals surface area contributed by atoms with Gasteiger partial charge in [-0.1, -0.05) is 13.0 Å². The Morgan fingerprint density at radius 1 is 1.50 bits per heavy atom. The molecule has 3 rings (SSSR count). The summed E-state index contributed by atoms with van der Waals surface area (Å²) in [5, 5.41) is 19.3. The second-order valence-electron chi connectivity index (χ2n) is 4.81. The number of carboxylic acid groups (broad SMARTS) is 1. The smallest absolute Gasteiger partial charge is 0.405 e. The first-order valence-corrected chi connectivity index (χ1v) is 6.62. The Balaban J connectivity index is 1.89. The van der Waals surface area contributed by atoms with Gasteiger partial charge in [-0.15, -0.1) is 10.2 Å². The number of carbonyl (C=O) groups is 1. The molecule has 2 N–H and O–H groups in total. The van der Waals surface area contributed by atoms with Crippen LogP contribution >= 0.6 is 0 Å². The molecule has 1 aromatic carbocycles. The van der Waals surface area contributed by atoms with Crippen LogP contribution in [0.2, 0.25) is 0 Å². The Morgan fingerprint density at radius 3 is 3.05 bits per heavy atom. The second kappa shape index (κ2) is 4.96. The number of hydrogen-bond acceptors (Lipinski definition) is 4. The zero-order chi connectivity index (χ0) is 14.1. The van der Waals surface area contributed by atoms with Gasteiger partial charge in [-0.2, -0.15) is 0 Å². The summed E-state index contributed by atoms with van der Waals surface area (Å²) in [6.07, 6.45) is 1.36. The highest BCUT2D eigenvalue weighted by atomic mass is 16.4. The number of nitrogens with zero attached hydrogens (tertiary/aromatic N) is 2. The molecule has 104 valence electrons. The Bertz CT molecular complexity index is 651. The van der Waals surface area contributed by atoms with Gasteiger partial charge in [0.2, 0.25) is 11.8 Å². The molecule has 0 aliphatic heterocycles. The Kier molecular flexibility index (Phi) is 3.14. The van der Waals surface area contributed by atoms with Crippen molar-refractivity contribution in [3.8, 4) is 11.5 Å². The molecule has 1 heterocycles. The number of aryl methyl sites for hydroxylation is 2. The van der Waals surface area contributed by atoms with Gasteiger partial charge in [-0.3, -0.25) is 0 Å². The van der Waals surface area contributed by atoms with E-state index in [4.69, 9.17) is 9.52 Å². The molecule has 0 fully saturated rings. The lowest BCUT2D eigenvalue weighted by Gasteiger charge is -2.11. The number of aromatic nitrogens is 2. The van der Waals surface area contributed by atoms with Crippen molar-refractivity contribution >= 4 is 6.09 Å². The molecular formula is C14H15N3O3. The van der Waals surface area contributed by atoms with E-state index in [0.717, 1.165) is 29.5 Å². The molecule has 0 saturated heterocycles. The maximum Gasteiger partial charge on any atom is 0.405 e. The van der Waals surface area contributed by atoms with Crippen LogP contribution in [0.4, 0.5) is 4.79 Å². The zero-order valence-corrected chi connectivity index (χ0v) is 11.1. The number of hydrogen-bond donors (Lipinski definition) is 2. The van der Waals surface area contributed by atoms with Crippen LogP contribution < -0.4 is 5.32 Å². The monoisotopic (exact) mass is 273 g/mol. The van der Waals surface area contributed by atoms with E-state index in [1.807, 2.05) is 25.1 Å². The van der Waals surface area contributed by atoms with Gasteiger partial charge in [0, 0.05) is 12.0 Å². The summed E-state index contributed by atoms with van der Waals surface area (Å²) in [5.41, 5.74) is 3.05. The van der Waals surface area contributed by atoms with Crippen molar-refractivity contribution in [2.24, 2.45) is 0 Å². The van der Waals surface area contributed by atoms with Gasteiger partial charge >= 0.3 is 6.09 Å². The molecule has 0 saturated carbocycles. The van der Waals surface area contributed by atoms with Gasteiger partial charge in [0.25, 0.3) is 0 Å². The highest BCUT2D eigenvalue weighted by Gasteiger charge is 2.24. The number of nitrogens with one attached hydrogen (secondary N) is 1. The van der Waals surface area contributed by atoms with Crippen LogP contribution in [0, 0.1) is 0 Å². The van der Waals surface area contributed by atoms with Crippen molar-refractivity contribution in [3.63, 3.8) is 0 Å². The lowest BCUT2D eigenvalue weighted by molar-refractivity contribution is 0.190. The van der Waals surface area contributed by atoms with Crippen molar-refractivity contribution in [2.75, 3.05) is 0 Å². The third kappa shape index (κ3) is 2.24. The molecule has 1 aliphatic carbocycles. The first-order valence-electron chi connectivity index (χ1n) is 6.62. The molecule has 0 radical (unpaired) electrons. The fraction of sp³-hybridized carbons (Fsp3) is 0.357. The molecule has 6 nitrogen and oxygen atoms in total. The third-order valence-electron chi connectivity index (χ3n) is 3.53. The molecule has 1 aromatic heterocycles. The predicted molar refractivity (Wildman–Crippen MR) is 71.3 cm³/mol. The SMILES string of the molecule is CCc1nnc(-c2ccc3c(c2)CCC3NC(=O)O)o1. The Morgan fingerprint density at radius 2 is 2.35 bits per heavy atom. The topological polar surface area (TPSA) is 88.2 Å². The average molecular weight is 273 g/mol. The summed E-state index contributed by atoms with van der Waals surface area (Å²) < 4.78 is 5.54. The molecule has 6 heteroatoms. The standard InChI is InChI=1S/C14H15N3O3/c1-2-12-16-17-13(20-12)9-3-5-10-8(7-9)4-6-11(10)15-14(18)19/h3,5,7,11,15H,2,4,6H2,1H3,(H,18,19). The molecule has 0 bridgehead atoms. The fourth-order valence-corrected chi connectivity index (χ4v) is 2.56. The van der Waals surface area contributed by atoms with E-state index in [1.165, 1.54) is 0 Å². The van der Waals surface area contributed by atoms with E-state index in [1.54, 1.807) is 0 Å². The molecule has 1 atom stereocenters. The first kappa shape index (κ1) is 12.7. The summed E-state index contributed by atoms with van der Waals surface area (Å²) in [6.45, 7) is 1.96. The van der Waals surface area contributed by atoms with Gasteiger partial charge in [-0.05, 0) is 36.1 Å². The molecule has 1 unspecified atom stereocenters. The Hall–Kier alpha value is -2.37. The number of rotatable bonds is 3. The van der Waals surface area contributed by atoms with E-state index < -0.39 is 6.09 Å². The van der Waals surface area contributed by atoms with Crippen molar-refractivity contribution in [3.05, 3.63) is 35.2 Å². The molecule has 1 aliphatic rings. The Labute approximate surface area is 115 Å². The van der Waals surface area contributed by atoms with E-state index in [2.05, 4.69) is 15.5 Å². The minimum Gasteiger partial charge on any atom is -0.465 e. The molecule has 0 spiro atoms. The van der Waals surface area contributed by atoms with Crippen LogP contribution in [0.3, 0.4) is 0 Å². The molecular weight excluding hydrogens is 258 g/mol. The third-order valence-corrected chi connectivity index (χ3v) is 3.53. The largest absolute Gasteiger partial charge is 0.465 e. The van der Waals surface area contributed by atoms with Gasteiger partial charge in [-0.25, -0.2) is 4.79 Å². The first-order chi connectivity index (χ1) is 9.67. The van der Waals surface area contributed by atoms with Crippen LogP contribution in [-0.4, -0.2) is 21.4 Å². The summed E-state index contributed by atoms with van der Waals surface area (Å²) in [6, 6.07) is 5.72.